The molecular formula is C33H34N4O5S. The fourth-order valence-electron chi connectivity index (χ4n) is 4.76. The van der Waals surface area contributed by atoms with Crippen molar-refractivity contribution in [2.45, 2.75) is 38.6 Å². The van der Waals surface area contributed by atoms with Gasteiger partial charge in [0.25, 0.3) is 5.91 Å². The van der Waals surface area contributed by atoms with Gasteiger partial charge < -0.3 is 20.1 Å². The Hall–Kier alpha value is -4.57. The number of hydrogen-bond donors (Lipinski definition) is 2. The van der Waals surface area contributed by atoms with Gasteiger partial charge in [-0.05, 0) is 40.8 Å². The number of ether oxygens (including phenoxy) is 1. The highest BCUT2D eigenvalue weighted by atomic mass is 32.1. The number of thiophene rings is 1. The van der Waals surface area contributed by atoms with Crippen molar-refractivity contribution in [3.63, 3.8) is 0 Å². The van der Waals surface area contributed by atoms with Crippen molar-refractivity contribution in [2.24, 2.45) is 5.92 Å². The highest BCUT2D eigenvalue weighted by molar-refractivity contribution is 7.14. The average Bonchev–Trinajstić information content (AvgIpc) is 3.48. The maximum atomic E-state index is 13.4. The van der Waals surface area contributed by atoms with Crippen molar-refractivity contribution < 1.29 is 24.2 Å². The van der Waals surface area contributed by atoms with Crippen LogP contribution in [0.3, 0.4) is 0 Å². The predicted octanol–water partition coefficient (Wildman–Crippen LogP) is 5.06. The Kier molecular flexibility index (Phi) is 8.59. The van der Waals surface area contributed by atoms with Crippen molar-refractivity contribution in [1.82, 2.24) is 20.2 Å². The van der Waals surface area contributed by atoms with Crippen LogP contribution in [0.25, 0.3) is 22.5 Å². The smallest absolute Gasteiger partial charge is 0.310 e. The van der Waals surface area contributed by atoms with E-state index in [4.69, 9.17) is 4.74 Å². The van der Waals surface area contributed by atoms with E-state index in [0.29, 0.717) is 10.7 Å². The third-order valence-corrected chi connectivity index (χ3v) is 8.95. The number of aromatic nitrogens is 2. The van der Waals surface area contributed by atoms with E-state index < -0.39 is 17.9 Å². The van der Waals surface area contributed by atoms with E-state index in [0.717, 1.165) is 32.9 Å². The Labute approximate surface area is 254 Å². The van der Waals surface area contributed by atoms with Crippen LogP contribution in [-0.4, -0.2) is 64.0 Å². The maximum absolute atomic E-state index is 13.4. The van der Waals surface area contributed by atoms with Crippen molar-refractivity contribution in [1.29, 1.82) is 0 Å². The summed E-state index contributed by atoms with van der Waals surface area (Å²) in [5.41, 5.74) is 3.43. The second-order valence-electron chi connectivity index (χ2n) is 11.6. The van der Waals surface area contributed by atoms with Crippen LogP contribution in [0, 0.1) is 5.92 Å². The lowest BCUT2D eigenvalue weighted by atomic mass is 9.95. The molecule has 5 rings (SSSR count). The van der Waals surface area contributed by atoms with E-state index in [1.165, 1.54) is 16.2 Å². The lowest BCUT2D eigenvalue weighted by molar-refractivity contribution is -0.153. The fourth-order valence-corrected chi connectivity index (χ4v) is 5.73. The number of hydrogen-bond acceptors (Lipinski definition) is 7. The Balaban J connectivity index is 1.30. The van der Waals surface area contributed by atoms with Gasteiger partial charge in [0.15, 0.2) is 5.82 Å². The molecule has 0 radical (unpaired) electrons. The van der Waals surface area contributed by atoms with Gasteiger partial charge in [0.2, 0.25) is 5.91 Å². The summed E-state index contributed by atoms with van der Waals surface area (Å²) in [4.78, 5) is 50.1. The SMILES string of the molecule is COc1ccc(-c2cnc(-c3ccc(C[C@H](NC(=O)c4ccc(C(C)(C)C)s4)C(=O)N4CC(C(=O)O)C4)cc3)nc2)cc1. The number of rotatable bonds is 9. The normalized spacial score (nSPS) is 14.1. The molecule has 2 amide bonds. The van der Waals surface area contributed by atoms with Crippen molar-refractivity contribution >= 4 is 29.1 Å². The van der Waals surface area contributed by atoms with Gasteiger partial charge in [-0.1, -0.05) is 57.2 Å². The number of likely N-dealkylation sites (tertiary alicyclic amines) is 1. The second-order valence-corrected chi connectivity index (χ2v) is 12.7. The van der Waals surface area contributed by atoms with Gasteiger partial charge in [-0.3, -0.25) is 14.4 Å². The molecule has 4 aromatic rings. The number of nitrogens with one attached hydrogen (secondary N) is 1. The fraction of sp³-hybridized carbons (Fsp3) is 0.303. The minimum atomic E-state index is -0.923. The van der Waals surface area contributed by atoms with Crippen molar-refractivity contribution in [3.05, 3.63) is 88.4 Å². The maximum Gasteiger partial charge on any atom is 0.310 e. The third-order valence-electron chi connectivity index (χ3n) is 7.44. The molecule has 3 heterocycles. The zero-order chi connectivity index (χ0) is 30.7. The molecule has 1 aliphatic rings. The van der Waals surface area contributed by atoms with Crippen LogP contribution in [0.1, 0.15) is 40.9 Å². The summed E-state index contributed by atoms with van der Waals surface area (Å²) in [5.74, 6) is -0.774. The molecule has 0 aliphatic carbocycles. The molecule has 1 aliphatic heterocycles. The number of aliphatic carboxylic acids is 1. The molecule has 0 saturated carbocycles. The van der Waals surface area contributed by atoms with Crippen LogP contribution in [0.2, 0.25) is 0 Å². The van der Waals surface area contributed by atoms with Crippen LogP contribution in [0.5, 0.6) is 5.75 Å². The number of amides is 2. The first-order chi connectivity index (χ1) is 20.5. The number of methoxy groups -OCH3 is 1. The molecule has 0 spiro atoms. The van der Waals surface area contributed by atoms with Crippen LogP contribution < -0.4 is 10.1 Å². The van der Waals surface area contributed by atoms with Gasteiger partial charge in [-0.15, -0.1) is 11.3 Å². The first-order valence-electron chi connectivity index (χ1n) is 14.0. The van der Waals surface area contributed by atoms with Crippen LogP contribution in [0.15, 0.2) is 73.1 Å². The monoisotopic (exact) mass is 598 g/mol. The van der Waals surface area contributed by atoms with Crippen LogP contribution in [0.4, 0.5) is 0 Å². The number of carboxylic acids is 1. The summed E-state index contributed by atoms with van der Waals surface area (Å²) < 4.78 is 5.22. The molecule has 0 unspecified atom stereocenters. The summed E-state index contributed by atoms with van der Waals surface area (Å²) in [6, 6.07) is 18.1. The largest absolute Gasteiger partial charge is 0.497 e. The van der Waals surface area contributed by atoms with Gasteiger partial charge >= 0.3 is 5.97 Å². The zero-order valence-electron chi connectivity index (χ0n) is 24.5. The molecule has 0 bridgehead atoms. The van der Waals surface area contributed by atoms with E-state index in [-0.39, 0.29) is 36.7 Å². The summed E-state index contributed by atoms with van der Waals surface area (Å²) in [6.07, 6.45) is 3.80. The average molecular weight is 599 g/mol. The van der Waals surface area contributed by atoms with Crippen LogP contribution >= 0.6 is 11.3 Å². The summed E-state index contributed by atoms with van der Waals surface area (Å²) >= 11 is 1.41. The van der Waals surface area contributed by atoms with Gasteiger partial charge in [0.05, 0.1) is 17.9 Å². The summed E-state index contributed by atoms with van der Waals surface area (Å²) in [6.45, 7) is 6.52. The number of benzene rings is 2. The molecule has 1 saturated heterocycles. The van der Waals surface area contributed by atoms with Crippen molar-refractivity contribution in [2.75, 3.05) is 20.2 Å². The minimum Gasteiger partial charge on any atom is -0.497 e. The minimum absolute atomic E-state index is 0.0939. The molecular weight excluding hydrogens is 564 g/mol. The standard InChI is InChI=1S/C33H34N4O5S/c1-33(2,3)28-14-13-27(43-28)30(38)36-26(31(39)37-18-24(19-37)32(40)41)15-20-5-7-22(8-6-20)29-34-16-23(17-35-29)21-9-11-25(42-4)12-10-21/h5-14,16-17,24,26H,15,18-19H2,1-4H3,(H,36,38)(H,40,41)/t26-/m0/s1. The summed E-state index contributed by atoms with van der Waals surface area (Å²) in [5, 5.41) is 12.2. The van der Waals surface area contributed by atoms with Gasteiger partial charge in [0, 0.05) is 47.9 Å². The molecule has 1 atom stereocenters. The van der Waals surface area contributed by atoms with Gasteiger partial charge in [-0.2, -0.15) is 0 Å². The predicted molar refractivity (Wildman–Crippen MR) is 165 cm³/mol. The highest BCUT2D eigenvalue weighted by Crippen LogP contribution is 2.30. The number of carbonyl (C=O) groups excluding carboxylic acids is 2. The number of nitrogens with zero attached hydrogens (tertiary/aromatic N) is 3. The van der Waals surface area contributed by atoms with Gasteiger partial charge in [-0.25, -0.2) is 9.97 Å². The van der Waals surface area contributed by atoms with Crippen molar-refractivity contribution in [3.8, 4) is 28.3 Å². The molecule has 43 heavy (non-hydrogen) atoms. The first kappa shape index (κ1) is 29.9. The Morgan fingerprint density at radius 1 is 0.953 bits per heavy atom. The molecule has 2 N–H and O–H groups in total. The first-order valence-corrected chi connectivity index (χ1v) is 14.8. The summed E-state index contributed by atoms with van der Waals surface area (Å²) in [7, 11) is 1.63. The number of carboxylic acid groups (broad SMARTS) is 1. The molecule has 10 heteroatoms. The van der Waals surface area contributed by atoms with E-state index in [1.54, 1.807) is 25.6 Å². The quantitative estimate of drug-likeness (QED) is 0.276. The number of carbonyl (C=O) groups is 3. The van der Waals surface area contributed by atoms with E-state index in [1.807, 2.05) is 54.6 Å². The molecule has 222 valence electrons. The molecule has 2 aromatic carbocycles. The zero-order valence-corrected chi connectivity index (χ0v) is 25.4. The topological polar surface area (TPSA) is 122 Å². The van der Waals surface area contributed by atoms with E-state index >= 15 is 0 Å². The second kappa shape index (κ2) is 12.3. The van der Waals surface area contributed by atoms with E-state index in [2.05, 4.69) is 36.1 Å². The van der Waals surface area contributed by atoms with E-state index in [9.17, 15) is 19.5 Å². The Morgan fingerprint density at radius 3 is 2.14 bits per heavy atom. The van der Waals surface area contributed by atoms with Gasteiger partial charge in [0.1, 0.15) is 11.8 Å². The Morgan fingerprint density at radius 2 is 1.58 bits per heavy atom. The Bertz CT molecular complexity index is 1600. The third kappa shape index (κ3) is 6.91. The molecule has 9 nitrogen and oxygen atoms in total. The highest BCUT2D eigenvalue weighted by Gasteiger charge is 2.39. The molecule has 1 fully saturated rings. The molecule has 2 aromatic heterocycles. The van der Waals surface area contributed by atoms with Crippen LogP contribution in [-0.2, 0) is 21.4 Å². The lowest BCUT2D eigenvalue weighted by Crippen LogP contribution is -2.59. The lowest BCUT2D eigenvalue weighted by Gasteiger charge is -2.38.